The van der Waals surface area contributed by atoms with E-state index >= 15 is 0 Å². The normalized spacial score (nSPS) is 10.0. The maximum Gasteiger partial charge on any atom is 0.190 e. The zero-order valence-corrected chi connectivity index (χ0v) is 8.06. The number of rotatable bonds is 0. The van der Waals surface area contributed by atoms with Crippen LogP contribution in [0.5, 0.6) is 0 Å². The smallest absolute Gasteiger partial charge is 0.190 e. The van der Waals surface area contributed by atoms with Crippen LogP contribution in [0, 0.1) is 15.0 Å². The molecule has 0 aliphatic carbocycles. The van der Waals surface area contributed by atoms with Gasteiger partial charge in [-0.2, -0.15) is 5.26 Å². The van der Waals surface area contributed by atoms with Crippen molar-refractivity contribution in [3.8, 4) is 6.07 Å². The van der Waals surface area contributed by atoms with Gasteiger partial charge in [0.25, 0.3) is 0 Å². The van der Waals surface area contributed by atoms with Crippen LogP contribution in [0.25, 0.3) is 5.52 Å². The molecule has 0 unspecified atom stereocenters. The summed E-state index contributed by atoms with van der Waals surface area (Å²) in [5, 5.41) is 16.2. The average Bonchev–Trinajstić information content (AvgIpc) is 2.49. The second-order valence-corrected chi connectivity index (χ2v) is 3.30. The maximum absolute atomic E-state index is 8.65. The van der Waals surface area contributed by atoms with Crippen LogP contribution in [-0.4, -0.2) is 14.8 Å². The second-order valence-electron chi connectivity index (χ2n) is 2.20. The molecule has 2 aromatic heterocycles. The number of pyridine rings is 1. The van der Waals surface area contributed by atoms with E-state index in [1.807, 2.05) is 24.3 Å². The zero-order chi connectivity index (χ0) is 8.55. The molecule has 0 fully saturated rings. The fourth-order valence-corrected chi connectivity index (χ4v) is 1.53. The molecule has 0 aromatic carbocycles. The fraction of sp³-hybridized carbons (Fsp3) is 0. The third-order valence-corrected chi connectivity index (χ3v) is 2.32. The third-order valence-electron chi connectivity index (χ3n) is 1.50. The molecule has 12 heavy (non-hydrogen) atoms. The Labute approximate surface area is 81.9 Å². The first-order chi connectivity index (χ1) is 5.83. The van der Waals surface area contributed by atoms with Crippen LogP contribution in [0.15, 0.2) is 18.2 Å². The van der Waals surface area contributed by atoms with Crippen molar-refractivity contribution < 1.29 is 0 Å². The first kappa shape index (κ1) is 7.49. The lowest BCUT2D eigenvalue weighted by Crippen LogP contribution is -1.91. The summed E-state index contributed by atoms with van der Waals surface area (Å²) in [6.45, 7) is 0. The van der Waals surface area contributed by atoms with Crippen molar-refractivity contribution in [1.29, 1.82) is 5.26 Å². The summed E-state index contributed by atoms with van der Waals surface area (Å²) < 4.78 is 2.58. The summed E-state index contributed by atoms with van der Waals surface area (Å²) >= 11 is 2.14. The van der Waals surface area contributed by atoms with E-state index in [2.05, 4.69) is 32.9 Å². The number of hydrogen-bond acceptors (Lipinski definition) is 3. The van der Waals surface area contributed by atoms with Gasteiger partial charge in [0.15, 0.2) is 5.69 Å². The van der Waals surface area contributed by atoms with Gasteiger partial charge in [0.2, 0.25) is 0 Å². The molecule has 0 radical (unpaired) electrons. The minimum Gasteiger partial charge on any atom is -0.206 e. The number of fused-ring (bicyclic) bond motifs is 1. The first-order valence-corrected chi connectivity index (χ1v) is 4.31. The van der Waals surface area contributed by atoms with Gasteiger partial charge in [-0.3, -0.25) is 0 Å². The molecule has 0 spiro atoms. The van der Waals surface area contributed by atoms with Crippen molar-refractivity contribution in [1.82, 2.24) is 14.8 Å². The van der Waals surface area contributed by atoms with Gasteiger partial charge in [0.05, 0.1) is 0 Å². The second kappa shape index (κ2) is 2.71. The monoisotopic (exact) mass is 270 g/mol. The predicted octanol–water partition coefficient (Wildman–Crippen LogP) is 1.21. The Bertz CT molecular complexity index is 468. The Hall–Kier alpha value is -1.16. The highest BCUT2D eigenvalue weighted by molar-refractivity contribution is 14.1. The van der Waals surface area contributed by atoms with Crippen molar-refractivity contribution in [2.24, 2.45) is 0 Å². The topological polar surface area (TPSA) is 54.0 Å². The quantitative estimate of drug-likeness (QED) is 0.534. The highest BCUT2D eigenvalue weighted by Crippen LogP contribution is 2.10. The van der Waals surface area contributed by atoms with Crippen molar-refractivity contribution in [2.75, 3.05) is 0 Å². The minimum atomic E-state index is 0.369. The van der Waals surface area contributed by atoms with E-state index < -0.39 is 0 Å². The molecule has 0 atom stereocenters. The number of nitrogens with zero attached hydrogens (tertiary/aromatic N) is 4. The molecule has 0 aliphatic rings. The summed E-state index contributed by atoms with van der Waals surface area (Å²) in [6.07, 6.45) is 0. The Balaban J connectivity index is 2.91. The number of halogens is 1. The molecule has 0 aliphatic heterocycles. The molecule has 4 nitrogen and oxygen atoms in total. The van der Waals surface area contributed by atoms with Crippen molar-refractivity contribution in [3.63, 3.8) is 0 Å². The number of nitriles is 1. The van der Waals surface area contributed by atoms with Gasteiger partial charge in [-0.15, -0.1) is 5.10 Å². The molecule has 2 heterocycles. The lowest BCUT2D eigenvalue weighted by molar-refractivity contribution is 0.835. The van der Waals surface area contributed by atoms with Crippen LogP contribution in [0.1, 0.15) is 5.69 Å². The zero-order valence-electron chi connectivity index (χ0n) is 5.90. The molecule has 0 N–H and O–H groups in total. The first-order valence-electron chi connectivity index (χ1n) is 3.23. The Morgan fingerprint density at radius 2 is 2.33 bits per heavy atom. The van der Waals surface area contributed by atoms with E-state index in [-0.39, 0.29) is 0 Å². The molecule has 0 bridgehead atoms. The Morgan fingerprint density at radius 3 is 3.08 bits per heavy atom. The van der Waals surface area contributed by atoms with Gasteiger partial charge >= 0.3 is 0 Å². The van der Waals surface area contributed by atoms with E-state index in [0.29, 0.717) is 5.69 Å². The van der Waals surface area contributed by atoms with Crippen LogP contribution in [0.4, 0.5) is 0 Å². The Morgan fingerprint density at radius 1 is 1.50 bits per heavy atom. The average molecular weight is 270 g/mol. The molecular weight excluding hydrogens is 267 g/mol. The predicted molar refractivity (Wildman–Crippen MR) is 50.4 cm³/mol. The van der Waals surface area contributed by atoms with Crippen LogP contribution >= 0.6 is 22.6 Å². The molecular formula is C7H3IN4. The van der Waals surface area contributed by atoms with E-state index in [0.717, 1.165) is 9.22 Å². The minimum absolute atomic E-state index is 0.369. The molecule has 0 amide bonds. The lowest BCUT2D eigenvalue weighted by Gasteiger charge is -1.92. The van der Waals surface area contributed by atoms with E-state index in [9.17, 15) is 0 Å². The summed E-state index contributed by atoms with van der Waals surface area (Å²) in [4.78, 5) is 0. The van der Waals surface area contributed by atoms with Gasteiger partial charge in [0.1, 0.15) is 15.3 Å². The van der Waals surface area contributed by atoms with Gasteiger partial charge in [-0.05, 0) is 34.7 Å². The highest BCUT2D eigenvalue weighted by atomic mass is 127. The van der Waals surface area contributed by atoms with Crippen molar-refractivity contribution in [3.05, 3.63) is 27.6 Å². The van der Waals surface area contributed by atoms with Gasteiger partial charge in [0, 0.05) is 0 Å². The Kier molecular flexibility index (Phi) is 1.69. The van der Waals surface area contributed by atoms with Crippen LogP contribution < -0.4 is 0 Å². The molecule has 2 rings (SSSR count). The summed E-state index contributed by atoms with van der Waals surface area (Å²) in [5.74, 6) is 0. The lowest BCUT2D eigenvalue weighted by atomic mass is 10.3. The van der Waals surface area contributed by atoms with Crippen LogP contribution in [0.3, 0.4) is 0 Å². The van der Waals surface area contributed by atoms with Gasteiger partial charge in [-0.25, -0.2) is 4.52 Å². The van der Waals surface area contributed by atoms with Gasteiger partial charge < -0.3 is 0 Å². The molecule has 5 heteroatoms. The number of hydrogen-bond donors (Lipinski definition) is 0. The highest BCUT2D eigenvalue weighted by Gasteiger charge is 2.05. The fourth-order valence-electron chi connectivity index (χ4n) is 0.965. The van der Waals surface area contributed by atoms with Crippen molar-refractivity contribution >= 4 is 28.1 Å². The summed E-state index contributed by atoms with van der Waals surface area (Å²) in [7, 11) is 0. The third kappa shape index (κ3) is 0.956. The SMILES string of the molecule is N#Cc1nnn2c(I)cccc12. The van der Waals surface area contributed by atoms with E-state index in [4.69, 9.17) is 5.26 Å². The summed E-state index contributed by atoms with van der Waals surface area (Å²) in [5.41, 5.74) is 1.12. The van der Waals surface area contributed by atoms with E-state index in [1.165, 1.54) is 0 Å². The summed E-state index contributed by atoms with van der Waals surface area (Å²) in [6, 6.07) is 7.58. The molecule has 2 aromatic rings. The largest absolute Gasteiger partial charge is 0.206 e. The standard InChI is InChI=1S/C7H3IN4/c8-7-3-1-2-6-5(4-9)10-11-12(6)7/h1-3H. The molecule has 0 saturated heterocycles. The van der Waals surface area contributed by atoms with Crippen molar-refractivity contribution in [2.45, 2.75) is 0 Å². The molecule has 58 valence electrons. The van der Waals surface area contributed by atoms with Gasteiger partial charge in [-0.1, -0.05) is 11.3 Å². The molecule has 0 saturated carbocycles. The maximum atomic E-state index is 8.65. The van der Waals surface area contributed by atoms with E-state index in [1.54, 1.807) is 4.52 Å². The van der Waals surface area contributed by atoms with Crippen LogP contribution in [0.2, 0.25) is 0 Å². The number of aromatic nitrogens is 3. The van der Waals surface area contributed by atoms with Crippen LogP contribution in [-0.2, 0) is 0 Å².